The Bertz CT molecular complexity index is 1190. The summed E-state index contributed by atoms with van der Waals surface area (Å²) in [6, 6.07) is 18.2. The molecule has 0 spiro atoms. The number of carboxylic acids is 1. The van der Waals surface area contributed by atoms with E-state index in [0.717, 1.165) is 0 Å². The third kappa shape index (κ3) is 5.15. The van der Waals surface area contributed by atoms with Gasteiger partial charge < -0.3 is 15.6 Å². The van der Waals surface area contributed by atoms with Crippen LogP contribution < -0.4 is 15.2 Å². The highest BCUT2D eigenvalue weighted by molar-refractivity contribution is 7.92. The number of sulfonamides is 1. The van der Waals surface area contributed by atoms with Crippen molar-refractivity contribution in [3.8, 4) is 11.5 Å². The minimum absolute atomic E-state index is 0.0128. The van der Waals surface area contributed by atoms with Gasteiger partial charge in [-0.25, -0.2) is 8.42 Å². The van der Waals surface area contributed by atoms with Crippen LogP contribution in [0.25, 0.3) is 0 Å². The van der Waals surface area contributed by atoms with Crippen LogP contribution in [0.5, 0.6) is 11.5 Å². The first kappa shape index (κ1) is 20.9. The van der Waals surface area contributed by atoms with Crippen molar-refractivity contribution in [2.24, 2.45) is 5.73 Å². The van der Waals surface area contributed by atoms with E-state index < -0.39 is 21.9 Å². The SMILES string of the molecule is NC(=O)c1ccc(Oc2cccc(CC(=O)O)c2)c(NS(=O)(=O)c2ccccc2)c1. The van der Waals surface area contributed by atoms with E-state index in [4.69, 9.17) is 15.6 Å². The first-order chi connectivity index (χ1) is 14.2. The van der Waals surface area contributed by atoms with Gasteiger partial charge in [-0.1, -0.05) is 30.3 Å². The molecule has 1 amide bonds. The van der Waals surface area contributed by atoms with Gasteiger partial charge in [0.15, 0.2) is 5.75 Å². The highest BCUT2D eigenvalue weighted by Crippen LogP contribution is 2.32. The third-order valence-corrected chi connectivity index (χ3v) is 5.42. The van der Waals surface area contributed by atoms with E-state index >= 15 is 0 Å². The van der Waals surface area contributed by atoms with E-state index in [9.17, 15) is 18.0 Å². The van der Waals surface area contributed by atoms with Crippen LogP contribution in [0.15, 0.2) is 77.7 Å². The predicted molar refractivity (Wildman–Crippen MR) is 110 cm³/mol. The summed E-state index contributed by atoms with van der Waals surface area (Å²) in [5, 5.41) is 8.95. The second-order valence-corrected chi connectivity index (χ2v) is 8.00. The van der Waals surface area contributed by atoms with Gasteiger partial charge in [0.05, 0.1) is 17.0 Å². The van der Waals surface area contributed by atoms with Gasteiger partial charge in [-0.15, -0.1) is 0 Å². The number of amides is 1. The summed E-state index contributed by atoms with van der Waals surface area (Å²) in [7, 11) is -3.95. The first-order valence-electron chi connectivity index (χ1n) is 8.75. The summed E-state index contributed by atoms with van der Waals surface area (Å²) in [6.07, 6.45) is -0.189. The fraction of sp³-hybridized carbons (Fsp3) is 0.0476. The zero-order valence-electron chi connectivity index (χ0n) is 15.6. The number of rotatable bonds is 8. The number of hydrogen-bond acceptors (Lipinski definition) is 5. The Morgan fingerprint density at radius 1 is 0.967 bits per heavy atom. The summed E-state index contributed by atoms with van der Waals surface area (Å²) in [4.78, 5) is 22.5. The number of nitrogens with one attached hydrogen (secondary N) is 1. The number of nitrogens with two attached hydrogens (primary N) is 1. The number of benzene rings is 3. The maximum Gasteiger partial charge on any atom is 0.307 e. The standard InChI is InChI=1S/C21H18N2O6S/c22-21(26)15-9-10-19(29-16-6-4-5-14(11-16)12-20(24)25)18(13-15)23-30(27,28)17-7-2-1-3-8-17/h1-11,13,23H,12H2,(H2,22,26)(H,24,25). The minimum Gasteiger partial charge on any atom is -0.481 e. The smallest absolute Gasteiger partial charge is 0.307 e. The molecule has 0 atom stereocenters. The van der Waals surface area contributed by atoms with Crippen LogP contribution in [-0.2, 0) is 21.2 Å². The summed E-state index contributed by atoms with van der Waals surface area (Å²) in [5.74, 6) is -1.30. The largest absolute Gasteiger partial charge is 0.481 e. The van der Waals surface area contributed by atoms with Crippen LogP contribution in [0.2, 0.25) is 0 Å². The number of carbonyl (C=O) groups excluding carboxylic acids is 1. The number of aliphatic carboxylic acids is 1. The van der Waals surface area contributed by atoms with Crippen molar-refractivity contribution >= 4 is 27.6 Å². The number of carboxylic acid groups (broad SMARTS) is 1. The summed E-state index contributed by atoms with van der Waals surface area (Å²) in [5.41, 5.74) is 5.93. The lowest BCUT2D eigenvalue weighted by molar-refractivity contribution is -0.136. The fourth-order valence-corrected chi connectivity index (χ4v) is 3.76. The van der Waals surface area contributed by atoms with Gasteiger partial charge in [-0.2, -0.15) is 0 Å². The monoisotopic (exact) mass is 426 g/mol. The molecule has 3 aromatic rings. The molecule has 0 heterocycles. The Morgan fingerprint density at radius 3 is 2.37 bits per heavy atom. The fourth-order valence-electron chi connectivity index (χ4n) is 2.68. The molecule has 3 aromatic carbocycles. The van der Waals surface area contributed by atoms with Crippen LogP contribution in [0.3, 0.4) is 0 Å². The molecule has 0 saturated heterocycles. The zero-order valence-corrected chi connectivity index (χ0v) is 16.4. The molecular formula is C21H18N2O6S. The molecular weight excluding hydrogens is 408 g/mol. The lowest BCUT2D eigenvalue weighted by Crippen LogP contribution is -2.15. The molecule has 0 bridgehead atoms. The van der Waals surface area contributed by atoms with Crippen LogP contribution in [0.1, 0.15) is 15.9 Å². The van der Waals surface area contributed by atoms with Gasteiger partial charge in [-0.05, 0) is 48.0 Å². The quantitative estimate of drug-likeness (QED) is 0.507. The van der Waals surface area contributed by atoms with Gasteiger partial charge in [0.1, 0.15) is 5.75 Å². The molecule has 0 aliphatic rings. The predicted octanol–water partition coefficient (Wildman–Crippen LogP) is 3.01. The Morgan fingerprint density at radius 2 is 1.70 bits per heavy atom. The van der Waals surface area contributed by atoms with Gasteiger partial charge in [0, 0.05) is 5.56 Å². The Balaban J connectivity index is 1.97. The molecule has 0 radical (unpaired) electrons. The van der Waals surface area contributed by atoms with E-state index in [2.05, 4.69) is 4.72 Å². The third-order valence-electron chi connectivity index (χ3n) is 4.04. The number of hydrogen-bond donors (Lipinski definition) is 3. The first-order valence-corrected chi connectivity index (χ1v) is 10.2. The molecule has 8 nitrogen and oxygen atoms in total. The zero-order chi connectivity index (χ0) is 21.7. The van der Waals surface area contributed by atoms with E-state index in [-0.39, 0.29) is 28.3 Å². The molecule has 9 heteroatoms. The molecule has 0 saturated carbocycles. The highest BCUT2D eigenvalue weighted by Gasteiger charge is 2.18. The molecule has 0 aliphatic carbocycles. The molecule has 154 valence electrons. The van der Waals surface area contributed by atoms with Gasteiger partial charge in [0.25, 0.3) is 10.0 Å². The Kier molecular flexibility index (Phi) is 6.03. The summed E-state index contributed by atoms with van der Waals surface area (Å²) in [6.45, 7) is 0. The molecule has 30 heavy (non-hydrogen) atoms. The number of primary amides is 1. The van der Waals surface area contributed by atoms with Crippen LogP contribution in [-0.4, -0.2) is 25.4 Å². The average molecular weight is 426 g/mol. The lowest BCUT2D eigenvalue weighted by atomic mass is 10.1. The molecule has 0 aliphatic heterocycles. The second kappa shape index (κ2) is 8.66. The number of carbonyl (C=O) groups is 2. The molecule has 4 N–H and O–H groups in total. The second-order valence-electron chi connectivity index (χ2n) is 6.31. The molecule has 0 unspecified atom stereocenters. The van der Waals surface area contributed by atoms with Crippen molar-refractivity contribution in [1.29, 1.82) is 0 Å². The van der Waals surface area contributed by atoms with E-state index in [0.29, 0.717) is 11.3 Å². The van der Waals surface area contributed by atoms with Crippen molar-refractivity contribution in [2.75, 3.05) is 4.72 Å². The van der Waals surface area contributed by atoms with Crippen LogP contribution in [0.4, 0.5) is 5.69 Å². The van der Waals surface area contributed by atoms with Gasteiger partial charge >= 0.3 is 5.97 Å². The topological polar surface area (TPSA) is 136 Å². The van der Waals surface area contributed by atoms with Crippen molar-refractivity contribution in [2.45, 2.75) is 11.3 Å². The maximum atomic E-state index is 12.7. The normalized spacial score (nSPS) is 10.9. The Labute approximate surface area is 173 Å². The number of ether oxygens (including phenoxy) is 1. The van der Waals surface area contributed by atoms with Gasteiger partial charge in [0.2, 0.25) is 5.91 Å². The van der Waals surface area contributed by atoms with Crippen LogP contribution >= 0.6 is 0 Å². The lowest BCUT2D eigenvalue weighted by Gasteiger charge is -2.15. The highest BCUT2D eigenvalue weighted by atomic mass is 32.2. The average Bonchev–Trinajstić information content (AvgIpc) is 2.69. The van der Waals surface area contributed by atoms with Crippen molar-refractivity contribution in [3.63, 3.8) is 0 Å². The van der Waals surface area contributed by atoms with Gasteiger partial charge in [-0.3, -0.25) is 14.3 Å². The number of anilines is 1. The maximum absolute atomic E-state index is 12.7. The van der Waals surface area contributed by atoms with E-state index in [1.54, 1.807) is 36.4 Å². The van der Waals surface area contributed by atoms with E-state index in [1.165, 1.54) is 36.4 Å². The van der Waals surface area contributed by atoms with E-state index in [1.807, 2.05) is 0 Å². The van der Waals surface area contributed by atoms with Crippen molar-refractivity contribution in [1.82, 2.24) is 0 Å². The Hall–Kier alpha value is -3.85. The molecule has 3 rings (SSSR count). The molecule has 0 aromatic heterocycles. The van der Waals surface area contributed by atoms with Crippen LogP contribution in [0, 0.1) is 0 Å². The summed E-state index contributed by atoms with van der Waals surface area (Å²) < 4.78 is 33.6. The minimum atomic E-state index is -3.95. The van der Waals surface area contributed by atoms with Crippen molar-refractivity contribution < 1.29 is 27.9 Å². The molecule has 0 fully saturated rings. The van der Waals surface area contributed by atoms with Crippen molar-refractivity contribution in [3.05, 3.63) is 83.9 Å². The summed E-state index contributed by atoms with van der Waals surface area (Å²) >= 11 is 0.